The van der Waals surface area contributed by atoms with Crippen molar-refractivity contribution in [1.29, 1.82) is 0 Å². The fourth-order valence-corrected chi connectivity index (χ4v) is 0.846. The van der Waals surface area contributed by atoms with Crippen molar-refractivity contribution in [2.75, 3.05) is 0 Å². The predicted octanol–water partition coefficient (Wildman–Crippen LogP) is 2.45. The second-order valence-electron chi connectivity index (χ2n) is 2.83. The molecule has 1 nitrogen and oxygen atoms in total. The average molecular weight is 139 g/mol. The minimum atomic E-state index is 0.573. The van der Waals surface area contributed by atoms with Crippen LogP contribution < -0.4 is 5.73 Å². The highest BCUT2D eigenvalue weighted by atomic mass is 14.5. The minimum Gasteiger partial charge on any atom is -0.402 e. The summed E-state index contributed by atoms with van der Waals surface area (Å²) in [4.78, 5) is 0. The molecular weight excluding hydrogens is 122 g/mol. The molecule has 0 fully saturated rings. The zero-order chi connectivity index (χ0) is 8.15. The van der Waals surface area contributed by atoms with E-state index in [9.17, 15) is 0 Å². The largest absolute Gasteiger partial charge is 0.402 e. The van der Waals surface area contributed by atoms with Crippen LogP contribution in [0.4, 0.5) is 0 Å². The lowest BCUT2D eigenvalue weighted by Crippen LogP contribution is -1.96. The monoisotopic (exact) mass is 139 g/mol. The van der Waals surface area contributed by atoms with Crippen LogP contribution in [0.2, 0.25) is 0 Å². The van der Waals surface area contributed by atoms with Gasteiger partial charge in [0.05, 0.1) is 0 Å². The van der Waals surface area contributed by atoms with Crippen molar-refractivity contribution in [1.82, 2.24) is 0 Å². The number of allylic oxidation sites excluding steroid dienone is 4. The summed E-state index contributed by atoms with van der Waals surface area (Å²) in [5, 5.41) is 0. The molecule has 0 atom stereocenters. The van der Waals surface area contributed by atoms with E-state index in [4.69, 9.17) is 5.73 Å². The van der Waals surface area contributed by atoms with E-state index in [-0.39, 0.29) is 0 Å². The second-order valence-corrected chi connectivity index (χ2v) is 2.83. The highest BCUT2D eigenvalue weighted by Gasteiger charge is 1.96. The van der Waals surface area contributed by atoms with E-state index in [0.29, 0.717) is 5.92 Å². The van der Waals surface area contributed by atoms with Crippen LogP contribution in [0.5, 0.6) is 0 Å². The van der Waals surface area contributed by atoms with Crippen molar-refractivity contribution in [3.63, 3.8) is 0 Å². The molecule has 0 bridgehead atoms. The lowest BCUT2D eigenvalue weighted by molar-refractivity contribution is 0.787. The van der Waals surface area contributed by atoms with Crippen molar-refractivity contribution in [3.8, 4) is 0 Å². The van der Waals surface area contributed by atoms with Crippen LogP contribution in [-0.2, 0) is 0 Å². The molecule has 0 aliphatic rings. The normalized spacial score (nSPS) is 14.5. The maximum absolute atomic E-state index is 5.53. The number of rotatable bonds is 2. The number of hydrogen-bond acceptors (Lipinski definition) is 1. The van der Waals surface area contributed by atoms with Crippen molar-refractivity contribution < 1.29 is 0 Å². The molecule has 0 aromatic rings. The van der Waals surface area contributed by atoms with Crippen LogP contribution in [0.15, 0.2) is 23.4 Å². The zero-order valence-corrected chi connectivity index (χ0v) is 7.31. The van der Waals surface area contributed by atoms with Crippen LogP contribution in [0.3, 0.4) is 0 Å². The van der Waals surface area contributed by atoms with E-state index in [2.05, 4.69) is 19.9 Å². The quantitative estimate of drug-likeness (QED) is 0.584. The molecule has 10 heavy (non-hydrogen) atoms. The summed E-state index contributed by atoms with van der Waals surface area (Å²) in [5.41, 5.74) is 7.71. The Bertz CT molecular complexity index is 148. The minimum absolute atomic E-state index is 0.573. The summed E-state index contributed by atoms with van der Waals surface area (Å²) >= 11 is 0. The van der Waals surface area contributed by atoms with Gasteiger partial charge in [0.1, 0.15) is 0 Å². The average Bonchev–Trinajstić information content (AvgIpc) is 1.81. The van der Waals surface area contributed by atoms with E-state index in [1.54, 1.807) is 0 Å². The van der Waals surface area contributed by atoms with Gasteiger partial charge in [0.25, 0.3) is 0 Å². The van der Waals surface area contributed by atoms with E-state index < -0.39 is 0 Å². The van der Waals surface area contributed by atoms with Crippen LogP contribution in [-0.4, -0.2) is 0 Å². The smallest absolute Gasteiger partial charge is 0.00516 e. The van der Waals surface area contributed by atoms with Gasteiger partial charge in [-0.1, -0.05) is 19.9 Å². The summed E-state index contributed by atoms with van der Waals surface area (Å²) in [7, 11) is 0. The lowest BCUT2D eigenvalue weighted by atomic mass is 10.0. The summed E-state index contributed by atoms with van der Waals surface area (Å²) in [6.45, 7) is 8.27. The van der Waals surface area contributed by atoms with E-state index in [1.165, 1.54) is 5.57 Å². The molecular formula is C9H17N. The van der Waals surface area contributed by atoms with Crippen molar-refractivity contribution in [2.24, 2.45) is 11.7 Å². The molecule has 58 valence electrons. The van der Waals surface area contributed by atoms with Gasteiger partial charge >= 0.3 is 0 Å². The van der Waals surface area contributed by atoms with E-state index in [1.807, 2.05) is 19.9 Å². The van der Waals surface area contributed by atoms with Gasteiger partial charge < -0.3 is 5.73 Å². The van der Waals surface area contributed by atoms with Crippen molar-refractivity contribution >= 4 is 0 Å². The highest BCUT2D eigenvalue weighted by molar-refractivity contribution is 5.22. The first-order chi connectivity index (χ1) is 4.57. The third-order valence-electron chi connectivity index (χ3n) is 1.39. The number of hydrogen-bond donors (Lipinski definition) is 1. The molecule has 0 amide bonds. The Balaban J connectivity index is 4.26. The second kappa shape index (κ2) is 4.15. The SMILES string of the molecule is C/C=C(\C=C(\C)N)C(C)C. The Morgan fingerprint density at radius 3 is 2.00 bits per heavy atom. The molecule has 0 saturated heterocycles. The summed E-state index contributed by atoms with van der Waals surface area (Å²) < 4.78 is 0. The summed E-state index contributed by atoms with van der Waals surface area (Å²) in [6.07, 6.45) is 4.12. The van der Waals surface area contributed by atoms with Gasteiger partial charge in [-0.3, -0.25) is 0 Å². The first kappa shape index (κ1) is 9.28. The Morgan fingerprint density at radius 2 is 1.90 bits per heavy atom. The van der Waals surface area contributed by atoms with Crippen LogP contribution in [0.25, 0.3) is 0 Å². The topological polar surface area (TPSA) is 26.0 Å². The first-order valence-corrected chi connectivity index (χ1v) is 3.68. The van der Waals surface area contributed by atoms with Gasteiger partial charge in [0, 0.05) is 5.70 Å². The van der Waals surface area contributed by atoms with E-state index in [0.717, 1.165) is 5.70 Å². The molecule has 0 unspecified atom stereocenters. The molecule has 0 aromatic heterocycles. The van der Waals surface area contributed by atoms with Gasteiger partial charge in [0.2, 0.25) is 0 Å². The summed E-state index contributed by atoms with van der Waals surface area (Å²) in [5.74, 6) is 0.573. The maximum Gasteiger partial charge on any atom is 0.00516 e. The third-order valence-corrected chi connectivity index (χ3v) is 1.39. The van der Waals surface area contributed by atoms with Crippen molar-refractivity contribution in [3.05, 3.63) is 23.4 Å². The Hall–Kier alpha value is -0.720. The molecule has 0 aliphatic carbocycles. The van der Waals surface area contributed by atoms with Crippen LogP contribution >= 0.6 is 0 Å². The van der Waals surface area contributed by atoms with E-state index >= 15 is 0 Å². The van der Waals surface area contributed by atoms with Gasteiger partial charge in [-0.15, -0.1) is 0 Å². The molecule has 0 radical (unpaired) electrons. The number of nitrogens with two attached hydrogens (primary N) is 1. The van der Waals surface area contributed by atoms with Gasteiger partial charge in [-0.2, -0.15) is 0 Å². The van der Waals surface area contributed by atoms with Crippen LogP contribution in [0.1, 0.15) is 27.7 Å². The molecule has 0 rings (SSSR count). The van der Waals surface area contributed by atoms with Gasteiger partial charge in [-0.05, 0) is 31.4 Å². The lowest BCUT2D eigenvalue weighted by Gasteiger charge is -2.05. The van der Waals surface area contributed by atoms with Gasteiger partial charge in [-0.25, -0.2) is 0 Å². The fraction of sp³-hybridized carbons (Fsp3) is 0.556. The van der Waals surface area contributed by atoms with Crippen molar-refractivity contribution in [2.45, 2.75) is 27.7 Å². The fourth-order valence-electron chi connectivity index (χ4n) is 0.846. The molecule has 0 aliphatic heterocycles. The molecule has 0 heterocycles. The standard InChI is InChI=1S/C9H17N/c1-5-9(7(2)3)6-8(4)10/h5-7H,10H2,1-4H3/b8-6-,9-5+. The zero-order valence-electron chi connectivity index (χ0n) is 7.31. The molecule has 2 N–H and O–H groups in total. The molecule has 1 heteroatoms. The Morgan fingerprint density at radius 1 is 1.40 bits per heavy atom. The first-order valence-electron chi connectivity index (χ1n) is 3.68. The highest BCUT2D eigenvalue weighted by Crippen LogP contribution is 2.10. The Kier molecular flexibility index (Phi) is 3.85. The molecule has 0 spiro atoms. The maximum atomic E-state index is 5.53. The predicted molar refractivity (Wildman–Crippen MR) is 46.5 cm³/mol. The van der Waals surface area contributed by atoms with Gasteiger partial charge in [0.15, 0.2) is 0 Å². The summed E-state index contributed by atoms with van der Waals surface area (Å²) in [6, 6.07) is 0. The molecule has 0 aromatic carbocycles. The van der Waals surface area contributed by atoms with Crippen LogP contribution in [0, 0.1) is 5.92 Å². The Labute approximate surface area is 63.6 Å². The molecule has 0 saturated carbocycles. The third kappa shape index (κ3) is 3.33.